The quantitative estimate of drug-likeness (QED) is 0.412. The van der Waals surface area contributed by atoms with E-state index in [4.69, 9.17) is 9.47 Å². The SMILES string of the molecule is CC(C)(C)OC(=O)N(C[C@@H]1Cc2ccccc2CN1C(=O)OCc1ccccc1)CC(C)(O)c1ccccc1. The van der Waals surface area contributed by atoms with Gasteiger partial charge in [-0.2, -0.15) is 0 Å². The van der Waals surface area contributed by atoms with Gasteiger partial charge in [0, 0.05) is 13.1 Å². The molecular formula is C32H38N2O5. The first kappa shape index (κ1) is 28.2. The number of carbonyl (C=O) groups is 2. The van der Waals surface area contributed by atoms with Crippen LogP contribution < -0.4 is 0 Å². The maximum Gasteiger partial charge on any atom is 0.410 e. The minimum atomic E-state index is -1.33. The highest BCUT2D eigenvalue weighted by molar-refractivity contribution is 5.70. The Hall–Kier alpha value is -3.84. The van der Waals surface area contributed by atoms with Crippen molar-refractivity contribution in [3.05, 3.63) is 107 Å². The number of rotatable bonds is 7. The van der Waals surface area contributed by atoms with Gasteiger partial charge in [-0.15, -0.1) is 0 Å². The first-order valence-electron chi connectivity index (χ1n) is 13.3. The third-order valence-electron chi connectivity index (χ3n) is 6.77. The molecule has 1 aliphatic heterocycles. The summed E-state index contributed by atoms with van der Waals surface area (Å²) in [5.41, 5.74) is 1.70. The number of nitrogens with zero attached hydrogens (tertiary/aromatic N) is 2. The van der Waals surface area contributed by atoms with Crippen LogP contribution in [0.2, 0.25) is 0 Å². The van der Waals surface area contributed by atoms with E-state index in [9.17, 15) is 14.7 Å². The third-order valence-corrected chi connectivity index (χ3v) is 6.77. The van der Waals surface area contributed by atoms with E-state index < -0.39 is 23.4 Å². The molecule has 1 heterocycles. The first-order valence-corrected chi connectivity index (χ1v) is 13.3. The van der Waals surface area contributed by atoms with Crippen LogP contribution in [-0.2, 0) is 34.6 Å². The second-order valence-corrected chi connectivity index (χ2v) is 11.3. The van der Waals surface area contributed by atoms with E-state index in [1.54, 1.807) is 11.8 Å². The summed E-state index contributed by atoms with van der Waals surface area (Å²) in [6, 6.07) is 26.4. The molecule has 0 radical (unpaired) electrons. The molecule has 7 heteroatoms. The fourth-order valence-corrected chi connectivity index (χ4v) is 4.81. The number of fused-ring (bicyclic) bond motifs is 1. The number of amides is 2. The molecule has 0 aromatic heterocycles. The van der Waals surface area contributed by atoms with Crippen LogP contribution in [-0.4, -0.2) is 51.8 Å². The summed E-state index contributed by atoms with van der Waals surface area (Å²) < 4.78 is 11.4. The fourth-order valence-electron chi connectivity index (χ4n) is 4.81. The Morgan fingerprint density at radius 1 is 0.897 bits per heavy atom. The monoisotopic (exact) mass is 530 g/mol. The van der Waals surface area contributed by atoms with E-state index in [1.165, 1.54) is 4.90 Å². The molecule has 1 N–H and O–H groups in total. The summed E-state index contributed by atoms with van der Waals surface area (Å²) in [4.78, 5) is 30.0. The fraction of sp³-hybridized carbons (Fsp3) is 0.375. The Morgan fingerprint density at radius 2 is 1.49 bits per heavy atom. The van der Waals surface area contributed by atoms with Gasteiger partial charge in [0.25, 0.3) is 0 Å². The minimum Gasteiger partial charge on any atom is -0.445 e. The van der Waals surface area contributed by atoms with Crippen LogP contribution in [0, 0.1) is 0 Å². The lowest BCUT2D eigenvalue weighted by Gasteiger charge is -2.40. The van der Waals surface area contributed by atoms with Gasteiger partial charge in [0.05, 0.1) is 12.6 Å². The van der Waals surface area contributed by atoms with Crippen molar-refractivity contribution in [1.82, 2.24) is 9.80 Å². The zero-order valence-corrected chi connectivity index (χ0v) is 23.2. The molecule has 2 amide bonds. The number of benzene rings is 3. The zero-order valence-electron chi connectivity index (χ0n) is 23.2. The summed E-state index contributed by atoms with van der Waals surface area (Å²) >= 11 is 0. The number of ether oxygens (including phenoxy) is 2. The van der Waals surface area contributed by atoms with Gasteiger partial charge in [0.15, 0.2) is 0 Å². The molecule has 39 heavy (non-hydrogen) atoms. The highest BCUT2D eigenvalue weighted by Crippen LogP contribution is 2.28. The second-order valence-electron chi connectivity index (χ2n) is 11.3. The van der Waals surface area contributed by atoms with E-state index >= 15 is 0 Å². The Balaban J connectivity index is 1.60. The van der Waals surface area contributed by atoms with Crippen LogP contribution in [0.15, 0.2) is 84.9 Å². The summed E-state index contributed by atoms with van der Waals surface area (Å²) in [7, 11) is 0. The van der Waals surface area contributed by atoms with Crippen molar-refractivity contribution in [2.24, 2.45) is 0 Å². The lowest BCUT2D eigenvalue weighted by atomic mass is 9.92. The van der Waals surface area contributed by atoms with Gasteiger partial charge in [-0.05, 0) is 56.4 Å². The lowest BCUT2D eigenvalue weighted by Crippen LogP contribution is -2.54. The number of aliphatic hydroxyl groups is 1. The molecule has 1 unspecified atom stereocenters. The minimum absolute atomic E-state index is 0.00300. The molecule has 2 atom stereocenters. The van der Waals surface area contributed by atoms with Crippen molar-refractivity contribution >= 4 is 12.2 Å². The molecule has 1 aliphatic rings. The van der Waals surface area contributed by atoms with Crippen molar-refractivity contribution in [2.45, 2.75) is 64.5 Å². The van der Waals surface area contributed by atoms with Gasteiger partial charge in [0.1, 0.15) is 17.8 Å². The summed E-state index contributed by atoms with van der Waals surface area (Å²) in [6.45, 7) is 7.80. The van der Waals surface area contributed by atoms with Gasteiger partial charge in [-0.25, -0.2) is 9.59 Å². The lowest BCUT2D eigenvalue weighted by molar-refractivity contribution is -0.0203. The van der Waals surface area contributed by atoms with Crippen LogP contribution in [0.4, 0.5) is 9.59 Å². The van der Waals surface area contributed by atoms with E-state index in [1.807, 2.05) is 106 Å². The predicted octanol–water partition coefficient (Wildman–Crippen LogP) is 5.89. The Bertz CT molecular complexity index is 1250. The average molecular weight is 531 g/mol. The van der Waals surface area contributed by atoms with Crippen LogP contribution in [0.25, 0.3) is 0 Å². The standard InChI is InChI=1S/C32H38N2O5/c1-31(2,3)39-29(35)33(23-32(4,37)27-17-9-6-10-18-27)21-28-19-25-15-11-12-16-26(25)20-34(28)30(36)38-22-24-13-7-5-8-14-24/h5-18,28,37H,19-23H2,1-4H3/t28-,32?/m0/s1. The molecule has 0 spiro atoms. The van der Waals surface area contributed by atoms with Crippen molar-refractivity contribution in [3.8, 4) is 0 Å². The molecule has 3 aromatic rings. The van der Waals surface area contributed by atoms with E-state index in [-0.39, 0.29) is 25.7 Å². The Kier molecular flexibility index (Phi) is 8.60. The number of hydrogen-bond acceptors (Lipinski definition) is 5. The van der Waals surface area contributed by atoms with Gasteiger partial charge in [-0.3, -0.25) is 4.90 Å². The van der Waals surface area contributed by atoms with E-state index in [2.05, 4.69) is 0 Å². The predicted molar refractivity (Wildman–Crippen MR) is 150 cm³/mol. The largest absolute Gasteiger partial charge is 0.445 e. The van der Waals surface area contributed by atoms with Crippen LogP contribution in [0.3, 0.4) is 0 Å². The Labute approximate surface area is 231 Å². The summed E-state index contributed by atoms with van der Waals surface area (Å²) in [5, 5.41) is 11.4. The van der Waals surface area contributed by atoms with Gasteiger partial charge >= 0.3 is 12.2 Å². The van der Waals surface area contributed by atoms with Gasteiger partial charge in [0.2, 0.25) is 0 Å². The Morgan fingerprint density at radius 3 is 2.13 bits per heavy atom. The number of carbonyl (C=O) groups excluding carboxylic acids is 2. The normalized spacial score (nSPS) is 16.5. The molecule has 3 aromatic carbocycles. The van der Waals surface area contributed by atoms with Crippen molar-refractivity contribution in [2.75, 3.05) is 13.1 Å². The summed E-state index contributed by atoms with van der Waals surface area (Å²) in [5.74, 6) is 0. The van der Waals surface area contributed by atoms with E-state index in [0.717, 1.165) is 16.7 Å². The molecule has 0 saturated heterocycles. The molecule has 4 rings (SSSR count). The van der Waals surface area contributed by atoms with Crippen molar-refractivity contribution in [1.29, 1.82) is 0 Å². The molecule has 0 saturated carbocycles. The molecule has 0 fully saturated rings. The molecule has 206 valence electrons. The highest BCUT2D eigenvalue weighted by Gasteiger charge is 2.37. The van der Waals surface area contributed by atoms with Crippen LogP contribution >= 0.6 is 0 Å². The topological polar surface area (TPSA) is 79.3 Å². The zero-order chi connectivity index (χ0) is 28.0. The first-order chi connectivity index (χ1) is 18.5. The van der Waals surface area contributed by atoms with Crippen LogP contribution in [0.5, 0.6) is 0 Å². The van der Waals surface area contributed by atoms with E-state index in [0.29, 0.717) is 18.5 Å². The summed E-state index contributed by atoms with van der Waals surface area (Å²) in [6.07, 6.45) is -0.448. The molecule has 0 aliphatic carbocycles. The maximum absolute atomic E-state index is 13.4. The smallest absolute Gasteiger partial charge is 0.410 e. The highest BCUT2D eigenvalue weighted by atomic mass is 16.6. The molecule has 7 nitrogen and oxygen atoms in total. The number of hydrogen-bond donors (Lipinski definition) is 1. The molecule has 0 bridgehead atoms. The maximum atomic E-state index is 13.4. The van der Waals surface area contributed by atoms with Crippen LogP contribution in [0.1, 0.15) is 49.9 Å². The third kappa shape index (κ3) is 7.60. The second kappa shape index (κ2) is 11.9. The molecular weight excluding hydrogens is 492 g/mol. The van der Waals surface area contributed by atoms with Crippen molar-refractivity contribution in [3.63, 3.8) is 0 Å². The van der Waals surface area contributed by atoms with Gasteiger partial charge in [-0.1, -0.05) is 84.9 Å². The average Bonchev–Trinajstić information content (AvgIpc) is 2.91. The van der Waals surface area contributed by atoms with Gasteiger partial charge < -0.3 is 19.5 Å². The van der Waals surface area contributed by atoms with Crippen molar-refractivity contribution < 1.29 is 24.2 Å².